The van der Waals surface area contributed by atoms with Crippen molar-refractivity contribution in [1.82, 2.24) is 24.7 Å². The van der Waals surface area contributed by atoms with E-state index in [9.17, 15) is 14.4 Å². The summed E-state index contributed by atoms with van der Waals surface area (Å²) in [6.07, 6.45) is 1.13. The highest BCUT2D eigenvalue weighted by atomic mass is 32.2. The summed E-state index contributed by atoms with van der Waals surface area (Å²) in [6, 6.07) is 15.1. The Bertz CT molecular complexity index is 1440. The number of aromatic amines is 2. The Morgan fingerprint density at radius 1 is 1.03 bits per heavy atom. The SMILES string of the molecule is CCc1ccc(NC(=O)CSc2nnc(Cc3cc(=O)[nH]c(=O)[nH]3)n2-c2cc(C)ccc2C)cc1. The van der Waals surface area contributed by atoms with Crippen LogP contribution >= 0.6 is 11.8 Å². The number of nitrogens with zero attached hydrogens (tertiary/aromatic N) is 3. The van der Waals surface area contributed by atoms with Crippen molar-refractivity contribution in [3.63, 3.8) is 0 Å². The van der Waals surface area contributed by atoms with Gasteiger partial charge < -0.3 is 10.3 Å². The van der Waals surface area contributed by atoms with Crippen LogP contribution in [0, 0.1) is 13.8 Å². The lowest BCUT2D eigenvalue weighted by Crippen LogP contribution is -2.23. The summed E-state index contributed by atoms with van der Waals surface area (Å²) in [7, 11) is 0. The number of thioether (sulfide) groups is 1. The number of aryl methyl sites for hydroxylation is 3. The van der Waals surface area contributed by atoms with Gasteiger partial charge in [0.25, 0.3) is 5.56 Å². The molecule has 0 radical (unpaired) electrons. The molecule has 3 N–H and O–H groups in total. The topological polar surface area (TPSA) is 126 Å². The first kappa shape index (κ1) is 24.2. The molecule has 0 atom stereocenters. The number of carbonyl (C=O) groups excluding carboxylic acids is 1. The van der Waals surface area contributed by atoms with Gasteiger partial charge in [-0.05, 0) is 55.2 Å². The molecule has 0 bridgehead atoms. The van der Waals surface area contributed by atoms with Crippen LogP contribution < -0.4 is 16.6 Å². The number of H-pyrrole nitrogens is 2. The Hall–Kier alpha value is -3.92. The van der Waals surface area contributed by atoms with Crippen LogP contribution in [0.1, 0.15) is 35.1 Å². The van der Waals surface area contributed by atoms with E-state index >= 15 is 0 Å². The molecule has 2 aromatic heterocycles. The van der Waals surface area contributed by atoms with E-state index in [2.05, 4.69) is 32.4 Å². The highest BCUT2D eigenvalue weighted by Gasteiger charge is 2.18. The van der Waals surface area contributed by atoms with Gasteiger partial charge in [0.1, 0.15) is 5.82 Å². The lowest BCUT2D eigenvalue weighted by molar-refractivity contribution is -0.113. The Balaban J connectivity index is 1.61. The molecule has 2 heterocycles. The van der Waals surface area contributed by atoms with E-state index in [0.717, 1.165) is 28.9 Å². The first-order valence-corrected chi connectivity index (χ1v) is 12.2. The minimum absolute atomic E-state index is 0.139. The molecular weight excluding hydrogens is 464 g/mol. The molecule has 4 aromatic rings. The molecule has 0 spiro atoms. The molecule has 4 rings (SSSR count). The minimum Gasteiger partial charge on any atom is -0.325 e. The smallest absolute Gasteiger partial charge is 0.325 e. The standard InChI is InChI=1S/C25H26N6O3S/c1-4-17-7-9-18(10-8-17)26-23(33)14-35-25-30-29-21(12-19-13-22(32)28-24(34)27-19)31(25)20-11-15(2)5-6-16(20)3/h5-11,13H,4,12,14H2,1-3H3,(H,26,33)(H2,27,28,32,34). The summed E-state index contributed by atoms with van der Waals surface area (Å²) in [4.78, 5) is 40.9. The van der Waals surface area contributed by atoms with Crippen LogP contribution in [-0.4, -0.2) is 36.4 Å². The molecule has 180 valence electrons. The van der Waals surface area contributed by atoms with Crippen LogP contribution in [0.2, 0.25) is 0 Å². The number of benzene rings is 2. The van der Waals surface area contributed by atoms with Crippen LogP contribution in [-0.2, 0) is 17.6 Å². The third kappa shape index (κ3) is 5.96. The minimum atomic E-state index is -0.580. The summed E-state index contributed by atoms with van der Waals surface area (Å²) in [6.45, 7) is 6.05. The fourth-order valence-corrected chi connectivity index (χ4v) is 4.41. The molecular formula is C25H26N6O3S. The van der Waals surface area contributed by atoms with Gasteiger partial charge in [0.05, 0.1) is 11.4 Å². The number of anilines is 1. The van der Waals surface area contributed by atoms with Crippen molar-refractivity contribution in [2.24, 2.45) is 0 Å². The van der Waals surface area contributed by atoms with E-state index in [0.29, 0.717) is 16.7 Å². The van der Waals surface area contributed by atoms with Crippen molar-refractivity contribution in [1.29, 1.82) is 0 Å². The van der Waals surface area contributed by atoms with Gasteiger partial charge in [-0.25, -0.2) is 4.79 Å². The third-order valence-corrected chi connectivity index (χ3v) is 6.38. The van der Waals surface area contributed by atoms with Crippen molar-refractivity contribution in [2.45, 2.75) is 38.8 Å². The van der Waals surface area contributed by atoms with Crippen molar-refractivity contribution in [2.75, 3.05) is 11.1 Å². The van der Waals surface area contributed by atoms with E-state index in [1.54, 1.807) is 0 Å². The van der Waals surface area contributed by atoms with Gasteiger partial charge in [-0.2, -0.15) is 0 Å². The number of hydrogen-bond donors (Lipinski definition) is 3. The Morgan fingerprint density at radius 2 is 1.80 bits per heavy atom. The molecule has 10 heteroatoms. The monoisotopic (exact) mass is 490 g/mol. The first-order chi connectivity index (χ1) is 16.8. The molecule has 1 amide bonds. The molecule has 35 heavy (non-hydrogen) atoms. The van der Waals surface area contributed by atoms with Crippen molar-refractivity contribution >= 4 is 23.4 Å². The van der Waals surface area contributed by atoms with E-state index < -0.39 is 11.2 Å². The maximum atomic E-state index is 12.6. The number of nitrogens with one attached hydrogen (secondary N) is 3. The molecule has 0 aliphatic heterocycles. The van der Waals surface area contributed by atoms with E-state index in [4.69, 9.17) is 0 Å². The van der Waals surface area contributed by atoms with Crippen LogP contribution in [0.5, 0.6) is 0 Å². The summed E-state index contributed by atoms with van der Waals surface area (Å²) in [5, 5.41) is 12.1. The average molecular weight is 491 g/mol. The van der Waals surface area contributed by atoms with Crippen molar-refractivity contribution in [3.05, 3.63) is 97.6 Å². The maximum Gasteiger partial charge on any atom is 0.325 e. The first-order valence-electron chi connectivity index (χ1n) is 11.2. The zero-order valence-electron chi connectivity index (χ0n) is 19.7. The molecule has 0 fully saturated rings. The quantitative estimate of drug-likeness (QED) is 0.326. The Morgan fingerprint density at radius 3 is 2.51 bits per heavy atom. The zero-order valence-corrected chi connectivity index (χ0v) is 20.5. The van der Waals surface area contributed by atoms with E-state index in [-0.39, 0.29) is 18.1 Å². The van der Waals surface area contributed by atoms with Gasteiger partial charge in [0, 0.05) is 23.9 Å². The number of hydrogen-bond acceptors (Lipinski definition) is 6. The van der Waals surface area contributed by atoms with Gasteiger partial charge in [-0.15, -0.1) is 10.2 Å². The molecule has 0 saturated heterocycles. The molecule has 0 aliphatic rings. The Kier molecular flexibility index (Phi) is 7.31. The van der Waals surface area contributed by atoms with Gasteiger partial charge in [-0.1, -0.05) is 43.0 Å². The second kappa shape index (κ2) is 10.6. The second-order valence-corrected chi connectivity index (χ2v) is 9.14. The van der Waals surface area contributed by atoms with E-state index in [1.165, 1.54) is 23.4 Å². The third-order valence-electron chi connectivity index (χ3n) is 5.45. The van der Waals surface area contributed by atoms with Gasteiger partial charge in [0.2, 0.25) is 5.91 Å². The van der Waals surface area contributed by atoms with Gasteiger partial charge >= 0.3 is 5.69 Å². The average Bonchev–Trinajstić information content (AvgIpc) is 3.21. The number of carbonyl (C=O) groups is 1. The van der Waals surface area contributed by atoms with Crippen LogP contribution in [0.25, 0.3) is 5.69 Å². The maximum absolute atomic E-state index is 12.6. The van der Waals surface area contributed by atoms with E-state index in [1.807, 2.05) is 60.9 Å². The molecule has 2 aromatic carbocycles. The fraction of sp³-hybridized carbons (Fsp3) is 0.240. The predicted octanol–water partition coefficient (Wildman–Crippen LogP) is 3.14. The number of rotatable bonds is 8. The molecule has 0 unspecified atom stereocenters. The lowest BCUT2D eigenvalue weighted by Gasteiger charge is -2.14. The molecule has 0 saturated carbocycles. The van der Waals surface area contributed by atoms with Gasteiger partial charge in [0.15, 0.2) is 5.16 Å². The molecule has 9 nitrogen and oxygen atoms in total. The van der Waals surface area contributed by atoms with Crippen LogP contribution in [0.4, 0.5) is 5.69 Å². The fourth-order valence-electron chi connectivity index (χ4n) is 3.65. The normalized spacial score (nSPS) is 10.9. The van der Waals surface area contributed by atoms with Gasteiger partial charge in [-0.3, -0.25) is 19.1 Å². The highest BCUT2D eigenvalue weighted by Crippen LogP contribution is 2.26. The van der Waals surface area contributed by atoms with Crippen molar-refractivity contribution < 1.29 is 4.79 Å². The van der Waals surface area contributed by atoms with Crippen LogP contribution in [0.15, 0.2) is 63.3 Å². The highest BCUT2D eigenvalue weighted by molar-refractivity contribution is 7.99. The zero-order chi connectivity index (χ0) is 24.9. The van der Waals surface area contributed by atoms with Crippen LogP contribution in [0.3, 0.4) is 0 Å². The summed E-state index contributed by atoms with van der Waals surface area (Å²) in [5.74, 6) is 0.522. The van der Waals surface area contributed by atoms with Crippen molar-refractivity contribution in [3.8, 4) is 5.69 Å². The number of aromatic nitrogens is 5. The molecule has 0 aliphatic carbocycles. The Labute approximate surface area is 206 Å². The second-order valence-electron chi connectivity index (χ2n) is 8.20. The number of amides is 1. The lowest BCUT2D eigenvalue weighted by atomic mass is 10.1. The summed E-state index contributed by atoms with van der Waals surface area (Å²) in [5.41, 5.74) is 4.22. The predicted molar refractivity (Wildman–Crippen MR) is 136 cm³/mol. The summed E-state index contributed by atoms with van der Waals surface area (Å²) >= 11 is 1.27. The largest absolute Gasteiger partial charge is 0.325 e. The summed E-state index contributed by atoms with van der Waals surface area (Å²) < 4.78 is 1.87.